The van der Waals surface area contributed by atoms with Gasteiger partial charge in [0.1, 0.15) is 20.3 Å². The first-order valence-electron chi connectivity index (χ1n) is 19.3. The Morgan fingerprint density at radius 3 is 1.17 bits per heavy atom. The topological polar surface area (TPSA) is 40.6 Å². The van der Waals surface area contributed by atoms with E-state index < -0.39 is 11.6 Å². The third-order valence-corrected chi connectivity index (χ3v) is 14.4. The fraction of sp³-hybridized carbons (Fsp3) is 0.600. The van der Waals surface area contributed by atoms with Gasteiger partial charge in [0, 0.05) is 22.8 Å². The maximum absolute atomic E-state index is 15.2. The van der Waals surface area contributed by atoms with Gasteiger partial charge in [0.05, 0.1) is 19.6 Å². The lowest BCUT2D eigenvalue weighted by atomic mass is 10.1. The van der Waals surface area contributed by atoms with Gasteiger partial charge in [0.25, 0.3) is 11.8 Å². The predicted octanol–water partition coefficient (Wildman–Crippen LogP) is 14.0. The van der Waals surface area contributed by atoms with E-state index in [1.54, 1.807) is 22.0 Å². The molecule has 286 valence electrons. The Balaban J connectivity index is 1.26. The van der Waals surface area contributed by atoms with E-state index in [0.717, 1.165) is 61.2 Å². The van der Waals surface area contributed by atoms with E-state index in [-0.39, 0.29) is 21.6 Å². The maximum Gasteiger partial charge on any atom is 0.266 e. The summed E-state index contributed by atoms with van der Waals surface area (Å²) in [5.74, 6) is -1.41. The average Bonchev–Trinajstić information content (AvgIpc) is 3.82. The quantitative estimate of drug-likeness (QED) is 0.0564. The molecule has 0 saturated carbocycles. The third-order valence-electron chi connectivity index (χ3n) is 9.38. The Morgan fingerprint density at radius 2 is 0.846 bits per heavy atom. The molecule has 0 aromatic carbocycles. The van der Waals surface area contributed by atoms with Gasteiger partial charge in [-0.25, -0.2) is 8.78 Å². The molecule has 0 radical (unpaired) electrons. The summed E-state index contributed by atoms with van der Waals surface area (Å²) in [5.41, 5.74) is 0. The van der Waals surface area contributed by atoms with Crippen molar-refractivity contribution in [3.8, 4) is 9.75 Å². The number of rotatable bonds is 25. The summed E-state index contributed by atoms with van der Waals surface area (Å²) in [6.45, 7) is 5.64. The first-order valence-corrected chi connectivity index (χ1v) is 23.4. The summed E-state index contributed by atoms with van der Waals surface area (Å²) in [6.07, 6.45) is 27.7. The van der Waals surface area contributed by atoms with E-state index in [1.807, 2.05) is 0 Å². The van der Waals surface area contributed by atoms with Crippen molar-refractivity contribution < 1.29 is 18.4 Å². The molecule has 0 aliphatic carbocycles. The van der Waals surface area contributed by atoms with Crippen LogP contribution in [0.5, 0.6) is 0 Å². The molecule has 4 rings (SSSR count). The van der Waals surface area contributed by atoms with Crippen LogP contribution in [0, 0.1) is 11.6 Å². The van der Waals surface area contributed by atoms with Crippen molar-refractivity contribution in [1.29, 1.82) is 0 Å². The zero-order valence-corrected chi connectivity index (χ0v) is 35.7. The van der Waals surface area contributed by atoms with Crippen LogP contribution < -0.4 is 0 Å². The number of carbonyl (C=O) groups is 2. The molecule has 0 N–H and O–H groups in total. The zero-order valence-electron chi connectivity index (χ0n) is 30.8. The largest absolute Gasteiger partial charge is 0.293 e. The van der Waals surface area contributed by atoms with Gasteiger partial charge in [0.2, 0.25) is 0 Å². The fourth-order valence-electron chi connectivity index (χ4n) is 6.38. The standard InChI is InChI=1S/C40H54F2N2O2S6/c1-3-5-7-9-11-13-15-17-19-21-23-43-37(45)33(51-39(43)47)27-29-25-31(41)35(49-29)36-32(42)26-30(50-36)28-34-38(46)44(40(48)52-34)24-22-20-18-16-14-12-10-8-6-4-2/h25-28H,3-24H2,1-2H3/b33-27-,34-28-. The molecule has 0 spiro atoms. The molecule has 2 amide bonds. The smallest absolute Gasteiger partial charge is 0.266 e. The van der Waals surface area contributed by atoms with Crippen molar-refractivity contribution in [2.75, 3.05) is 13.1 Å². The van der Waals surface area contributed by atoms with Gasteiger partial charge in [0.15, 0.2) is 0 Å². The number of thiophene rings is 2. The Morgan fingerprint density at radius 1 is 0.538 bits per heavy atom. The van der Waals surface area contributed by atoms with Crippen molar-refractivity contribution >= 4 is 103 Å². The highest BCUT2D eigenvalue weighted by Gasteiger charge is 2.33. The second kappa shape index (κ2) is 23.5. The van der Waals surface area contributed by atoms with E-state index in [9.17, 15) is 9.59 Å². The van der Waals surface area contributed by atoms with Crippen molar-refractivity contribution in [1.82, 2.24) is 9.80 Å². The summed E-state index contributed by atoms with van der Waals surface area (Å²) in [5, 5.41) is 0. The molecule has 2 aromatic rings. The number of nitrogens with zero attached hydrogens (tertiary/aromatic N) is 2. The molecule has 0 atom stereocenters. The summed E-state index contributed by atoms with van der Waals surface area (Å²) >= 11 is 15.7. The van der Waals surface area contributed by atoms with Crippen LogP contribution in [0.4, 0.5) is 8.78 Å². The first-order chi connectivity index (χ1) is 25.2. The lowest BCUT2D eigenvalue weighted by Crippen LogP contribution is -2.28. The van der Waals surface area contributed by atoms with Crippen LogP contribution >= 0.6 is 70.6 Å². The van der Waals surface area contributed by atoms with Crippen molar-refractivity contribution in [2.24, 2.45) is 0 Å². The van der Waals surface area contributed by atoms with Gasteiger partial charge in [-0.2, -0.15) is 0 Å². The number of hydrogen-bond acceptors (Lipinski definition) is 8. The van der Waals surface area contributed by atoms with Gasteiger partial charge in [-0.3, -0.25) is 19.4 Å². The second-order valence-corrected chi connectivity index (χ2v) is 19.2. The lowest BCUT2D eigenvalue weighted by Gasteiger charge is -2.14. The first kappa shape index (κ1) is 43.3. The van der Waals surface area contributed by atoms with Gasteiger partial charge < -0.3 is 0 Å². The van der Waals surface area contributed by atoms with Gasteiger partial charge >= 0.3 is 0 Å². The summed E-state index contributed by atoms with van der Waals surface area (Å²) in [7, 11) is 0. The highest BCUT2D eigenvalue weighted by molar-refractivity contribution is 8.27. The molecule has 2 aliphatic heterocycles. The highest BCUT2D eigenvalue weighted by atomic mass is 32.2. The molecule has 52 heavy (non-hydrogen) atoms. The normalized spacial score (nSPS) is 16.6. The zero-order chi connectivity index (χ0) is 37.3. The number of carbonyl (C=O) groups excluding carboxylic acids is 2. The second-order valence-electron chi connectivity index (χ2n) is 13.7. The minimum absolute atomic E-state index is 0.156. The van der Waals surface area contributed by atoms with E-state index >= 15 is 8.78 Å². The van der Waals surface area contributed by atoms with E-state index in [1.165, 1.54) is 126 Å². The highest BCUT2D eigenvalue weighted by Crippen LogP contribution is 2.42. The SMILES string of the molecule is CCCCCCCCCCCCN1C(=O)/C(=C/c2cc(F)c(-c3sc(/C=C4\SC(=S)N(CCCCCCCCCCCC)C4=O)cc3F)s2)SC1=S. The van der Waals surface area contributed by atoms with Crippen LogP contribution in [0.2, 0.25) is 0 Å². The Kier molecular flexibility index (Phi) is 19.5. The molecular formula is C40H54F2N2O2S6. The van der Waals surface area contributed by atoms with E-state index in [2.05, 4.69) is 13.8 Å². The van der Waals surface area contributed by atoms with Crippen LogP contribution in [0.3, 0.4) is 0 Å². The van der Waals surface area contributed by atoms with Crippen LogP contribution in [0.1, 0.15) is 152 Å². The van der Waals surface area contributed by atoms with Crippen LogP contribution in [-0.4, -0.2) is 43.3 Å². The lowest BCUT2D eigenvalue weighted by molar-refractivity contribution is -0.123. The van der Waals surface area contributed by atoms with Crippen LogP contribution in [0.25, 0.3) is 21.9 Å². The van der Waals surface area contributed by atoms with E-state index in [4.69, 9.17) is 24.4 Å². The molecule has 12 heteroatoms. The molecule has 0 bridgehead atoms. The molecule has 2 fully saturated rings. The molecule has 2 aromatic heterocycles. The van der Waals surface area contributed by atoms with Crippen LogP contribution in [-0.2, 0) is 9.59 Å². The van der Waals surface area contributed by atoms with Crippen molar-refractivity contribution in [3.05, 3.63) is 43.3 Å². The monoisotopic (exact) mass is 824 g/mol. The molecule has 4 heterocycles. The number of halogens is 2. The number of thioether (sulfide) groups is 2. The minimum Gasteiger partial charge on any atom is -0.293 e. The Hall–Kier alpha value is -1.44. The number of unbranched alkanes of at least 4 members (excludes halogenated alkanes) is 18. The van der Waals surface area contributed by atoms with Gasteiger partial charge in [-0.1, -0.05) is 177 Å². The molecule has 0 unspecified atom stereocenters. The van der Waals surface area contributed by atoms with Gasteiger partial charge in [-0.05, 0) is 37.1 Å². The molecule has 2 aliphatic rings. The average molecular weight is 825 g/mol. The molecule has 2 saturated heterocycles. The number of hydrogen-bond donors (Lipinski definition) is 0. The van der Waals surface area contributed by atoms with E-state index in [0.29, 0.717) is 41.3 Å². The number of amides is 2. The summed E-state index contributed by atoms with van der Waals surface area (Å²) < 4.78 is 31.5. The summed E-state index contributed by atoms with van der Waals surface area (Å²) in [6, 6.07) is 2.68. The Labute approximate surface area is 337 Å². The third kappa shape index (κ3) is 13.4. The minimum atomic E-state index is -0.549. The van der Waals surface area contributed by atoms with Crippen molar-refractivity contribution in [2.45, 2.75) is 142 Å². The van der Waals surface area contributed by atoms with Gasteiger partial charge in [-0.15, -0.1) is 22.7 Å². The molecule has 4 nitrogen and oxygen atoms in total. The maximum atomic E-state index is 15.2. The molecular weight excluding hydrogens is 771 g/mol. The van der Waals surface area contributed by atoms with Crippen LogP contribution in [0.15, 0.2) is 21.9 Å². The number of thiocarbonyl (C=S) groups is 2. The van der Waals surface area contributed by atoms with Crippen molar-refractivity contribution in [3.63, 3.8) is 0 Å². The Bertz CT molecular complexity index is 1450. The summed E-state index contributed by atoms with van der Waals surface area (Å²) in [4.78, 5) is 31.9. The fourth-order valence-corrected chi connectivity index (χ4v) is 11.2. The predicted molar refractivity (Wildman–Crippen MR) is 231 cm³/mol.